The zero-order valence-corrected chi connectivity index (χ0v) is 20.6. The van der Waals surface area contributed by atoms with Crippen LogP contribution < -0.4 is 20.1 Å². The molecule has 2 atom stereocenters. The van der Waals surface area contributed by atoms with Crippen molar-refractivity contribution in [3.63, 3.8) is 0 Å². The van der Waals surface area contributed by atoms with Crippen molar-refractivity contribution in [3.05, 3.63) is 23.3 Å². The second kappa shape index (κ2) is 11.5. The first-order chi connectivity index (χ1) is 16.1. The topological polar surface area (TPSA) is 122 Å². The van der Waals surface area contributed by atoms with E-state index >= 15 is 0 Å². The third-order valence-electron chi connectivity index (χ3n) is 5.73. The minimum absolute atomic E-state index is 0.151. The van der Waals surface area contributed by atoms with Crippen molar-refractivity contribution >= 4 is 17.7 Å². The van der Waals surface area contributed by atoms with Crippen LogP contribution in [0.15, 0.2) is 22.4 Å². The van der Waals surface area contributed by atoms with Crippen molar-refractivity contribution in [1.29, 1.82) is 0 Å². The van der Waals surface area contributed by atoms with Crippen LogP contribution >= 0.6 is 0 Å². The van der Waals surface area contributed by atoms with Crippen LogP contribution in [0, 0.1) is 19.3 Å². The molecule has 184 valence electrons. The molecule has 34 heavy (non-hydrogen) atoms. The van der Waals surface area contributed by atoms with E-state index in [1.54, 1.807) is 19.1 Å². The number of nitrogens with zero attached hydrogens (tertiary/aromatic N) is 3. The van der Waals surface area contributed by atoms with E-state index in [0.717, 1.165) is 5.56 Å². The molecule has 10 nitrogen and oxygen atoms in total. The Hall–Kier alpha value is -3.61. The molecule has 0 fully saturated rings. The molecular formula is C24H33N5O5. The maximum atomic E-state index is 13.6. The third kappa shape index (κ3) is 6.25. The van der Waals surface area contributed by atoms with Crippen LogP contribution in [0.1, 0.15) is 50.3 Å². The highest BCUT2D eigenvalue weighted by Gasteiger charge is 2.42. The maximum absolute atomic E-state index is 13.6. The van der Waals surface area contributed by atoms with Gasteiger partial charge in [-0.1, -0.05) is 0 Å². The summed E-state index contributed by atoms with van der Waals surface area (Å²) in [7, 11) is 4.52. The quantitative estimate of drug-likeness (QED) is 0.452. The Morgan fingerprint density at radius 3 is 2.32 bits per heavy atom. The molecule has 0 bridgehead atoms. The molecule has 0 aromatic heterocycles. The van der Waals surface area contributed by atoms with Crippen LogP contribution in [0.2, 0.25) is 0 Å². The average Bonchev–Trinajstić information content (AvgIpc) is 3.59. The van der Waals surface area contributed by atoms with Crippen molar-refractivity contribution in [3.8, 4) is 23.8 Å². The van der Waals surface area contributed by atoms with Crippen molar-refractivity contribution in [2.45, 2.75) is 57.8 Å². The number of carbonyl (C=O) groups excluding carboxylic acids is 3. The van der Waals surface area contributed by atoms with Gasteiger partial charge in [-0.2, -0.15) is 10.2 Å². The van der Waals surface area contributed by atoms with Crippen LogP contribution in [0.4, 0.5) is 0 Å². The fraction of sp³-hybridized carbons (Fsp3) is 0.542. The van der Waals surface area contributed by atoms with E-state index in [1.807, 2.05) is 6.92 Å². The molecule has 2 rings (SSSR count). The summed E-state index contributed by atoms with van der Waals surface area (Å²) in [6.45, 7) is 4.91. The predicted octanol–water partition coefficient (Wildman–Crippen LogP) is 2.12. The fourth-order valence-corrected chi connectivity index (χ4v) is 3.82. The number of methoxy groups -OCH3 is 2. The molecule has 0 saturated carbocycles. The van der Waals surface area contributed by atoms with E-state index in [4.69, 9.17) is 15.9 Å². The van der Waals surface area contributed by atoms with E-state index in [1.165, 1.54) is 33.1 Å². The summed E-state index contributed by atoms with van der Waals surface area (Å²) in [6.07, 6.45) is 6.82. The Bertz CT molecular complexity index is 994. The molecule has 0 spiro atoms. The van der Waals surface area contributed by atoms with Crippen LogP contribution in [0.3, 0.4) is 0 Å². The molecule has 0 aliphatic carbocycles. The van der Waals surface area contributed by atoms with Gasteiger partial charge in [0.05, 0.1) is 14.2 Å². The van der Waals surface area contributed by atoms with Crippen molar-refractivity contribution in [1.82, 2.24) is 15.5 Å². The first-order valence-electron chi connectivity index (χ1n) is 11.0. The number of rotatable bonds is 12. The van der Waals surface area contributed by atoms with Gasteiger partial charge >= 0.3 is 0 Å². The van der Waals surface area contributed by atoms with Crippen LogP contribution in [-0.4, -0.2) is 62.1 Å². The average molecular weight is 472 g/mol. The molecule has 1 heterocycles. The highest BCUT2D eigenvalue weighted by Crippen LogP contribution is 2.39. The van der Waals surface area contributed by atoms with Crippen LogP contribution in [0.5, 0.6) is 11.5 Å². The summed E-state index contributed by atoms with van der Waals surface area (Å²) in [5.41, 5.74) is 0.604. The van der Waals surface area contributed by atoms with E-state index < -0.39 is 29.6 Å². The van der Waals surface area contributed by atoms with Gasteiger partial charge in [0, 0.05) is 45.3 Å². The van der Waals surface area contributed by atoms with E-state index in [-0.39, 0.29) is 12.5 Å². The Labute approximate surface area is 200 Å². The van der Waals surface area contributed by atoms with Gasteiger partial charge in [0.25, 0.3) is 0 Å². The Morgan fingerprint density at radius 1 is 1.18 bits per heavy atom. The summed E-state index contributed by atoms with van der Waals surface area (Å²) >= 11 is 0. The number of hydrogen-bond donors (Lipinski definition) is 2. The lowest BCUT2D eigenvalue weighted by atomic mass is 9.97. The van der Waals surface area contributed by atoms with Gasteiger partial charge in [-0.25, -0.2) is 0 Å². The van der Waals surface area contributed by atoms with E-state index in [0.29, 0.717) is 36.3 Å². The normalized spacial score (nSPS) is 14.9. The Morgan fingerprint density at radius 2 is 1.82 bits per heavy atom. The molecule has 0 saturated heterocycles. The second-order valence-corrected chi connectivity index (χ2v) is 8.17. The molecule has 1 aliphatic rings. The number of aryl methyl sites for hydroxylation is 1. The van der Waals surface area contributed by atoms with Gasteiger partial charge in [-0.05, 0) is 31.5 Å². The molecule has 2 N–H and O–H groups in total. The highest BCUT2D eigenvalue weighted by atomic mass is 16.5. The SMILES string of the molecule is C#CCCC1(CCN(C(=O)C(C)NC(C)=O)C(C(=O)NC)c2cc(OC)c(C)cc2OC)N=N1. The van der Waals surface area contributed by atoms with Crippen molar-refractivity contribution in [2.24, 2.45) is 10.2 Å². The lowest BCUT2D eigenvalue weighted by Crippen LogP contribution is -2.51. The lowest BCUT2D eigenvalue weighted by molar-refractivity contribution is -0.143. The molecular weight excluding hydrogens is 438 g/mol. The molecule has 0 radical (unpaired) electrons. The van der Waals surface area contributed by atoms with Gasteiger partial charge in [0.1, 0.15) is 23.6 Å². The molecule has 1 aliphatic heterocycles. The molecule has 1 aromatic carbocycles. The van der Waals surface area contributed by atoms with Gasteiger partial charge in [-0.3, -0.25) is 14.4 Å². The molecule has 1 aromatic rings. The minimum Gasteiger partial charge on any atom is -0.496 e. The summed E-state index contributed by atoms with van der Waals surface area (Å²) < 4.78 is 11.0. The summed E-state index contributed by atoms with van der Waals surface area (Å²) in [5, 5.41) is 13.5. The van der Waals surface area contributed by atoms with Gasteiger partial charge in [0.15, 0.2) is 5.66 Å². The van der Waals surface area contributed by atoms with Crippen molar-refractivity contribution < 1.29 is 23.9 Å². The largest absolute Gasteiger partial charge is 0.496 e. The number of terminal acetylenes is 1. The standard InChI is InChI=1S/C24H33N5O5/c1-8-9-10-24(27-28-24)11-12-29(23(32)16(3)26-17(4)30)21(22(31)25-5)18-14-19(33-6)15(2)13-20(18)34-7/h1,13-14,16,21H,9-12H2,2-7H3,(H,25,31)(H,26,30). The molecule has 10 heteroatoms. The fourth-order valence-electron chi connectivity index (χ4n) is 3.82. The zero-order chi connectivity index (χ0) is 25.5. The smallest absolute Gasteiger partial charge is 0.247 e. The number of ether oxygens (including phenoxy) is 2. The van der Waals surface area contributed by atoms with Crippen LogP contribution in [0.25, 0.3) is 0 Å². The van der Waals surface area contributed by atoms with Crippen LogP contribution in [-0.2, 0) is 14.4 Å². The first kappa shape index (κ1) is 26.6. The van der Waals surface area contributed by atoms with Gasteiger partial charge in [-0.15, -0.1) is 12.3 Å². The molecule has 3 amide bonds. The van der Waals surface area contributed by atoms with E-state index in [2.05, 4.69) is 26.8 Å². The number of nitrogens with one attached hydrogen (secondary N) is 2. The second-order valence-electron chi connectivity index (χ2n) is 8.17. The number of carbonyl (C=O) groups is 3. The first-order valence-corrected chi connectivity index (χ1v) is 11.0. The lowest BCUT2D eigenvalue weighted by Gasteiger charge is -2.34. The number of amides is 3. The number of hydrogen-bond acceptors (Lipinski definition) is 7. The monoisotopic (exact) mass is 471 g/mol. The summed E-state index contributed by atoms with van der Waals surface area (Å²) in [4.78, 5) is 39.8. The predicted molar refractivity (Wildman–Crippen MR) is 126 cm³/mol. The zero-order valence-electron chi connectivity index (χ0n) is 20.6. The Kier molecular flexibility index (Phi) is 9.01. The van der Waals surface area contributed by atoms with E-state index in [9.17, 15) is 14.4 Å². The summed E-state index contributed by atoms with van der Waals surface area (Å²) in [6, 6.07) is 1.53. The van der Waals surface area contributed by atoms with Gasteiger partial charge in [0.2, 0.25) is 17.7 Å². The number of likely N-dealkylation sites (N-methyl/N-ethyl adjacent to an activating group) is 1. The number of benzene rings is 1. The van der Waals surface area contributed by atoms with Crippen molar-refractivity contribution in [2.75, 3.05) is 27.8 Å². The summed E-state index contributed by atoms with van der Waals surface area (Å²) in [5.74, 6) is 2.35. The maximum Gasteiger partial charge on any atom is 0.247 e. The minimum atomic E-state index is -1.05. The third-order valence-corrected chi connectivity index (χ3v) is 5.73. The van der Waals surface area contributed by atoms with Gasteiger partial charge < -0.3 is 25.0 Å². The molecule has 2 unspecified atom stereocenters. The highest BCUT2D eigenvalue weighted by molar-refractivity contribution is 5.92. The Balaban J connectivity index is 2.54.